The van der Waals surface area contributed by atoms with Gasteiger partial charge < -0.3 is 19.6 Å². The van der Waals surface area contributed by atoms with Crippen LogP contribution in [0.4, 0.5) is 0 Å². The lowest BCUT2D eigenvalue weighted by Gasteiger charge is -2.02. The third kappa shape index (κ3) is 3.92. The number of aromatic amines is 1. The molecule has 0 radical (unpaired) electrons. The Kier molecular flexibility index (Phi) is 5.03. The van der Waals surface area contributed by atoms with Crippen molar-refractivity contribution >= 4 is 12.2 Å². The van der Waals surface area contributed by atoms with Gasteiger partial charge in [-0.3, -0.25) is 4.79 Å². The van der Waals surface area contributed by atoms with Crippen LogP contribution in [0.1, 0.15) is 11.1 Å². The molecular weight excluding hydrogens is 332 g/mol. The van der Waals surface area contributed by atoms with Crippen LogP contribution in [-0.2, 0) is 0 Å². The summed E-state index contributed by atoms with van der Waals surface area (Å²) >= 11 is 0. The lowest BCUT2D eigenvalue weighted by Crippen LogP contribution is -2.37. The van der Waals surface area contributed by atoms with Crippen molar-refractivity contribution < 1.29 is 14.6 Å². The maximum Gasteiger partial charge on any atom is 0.274 e. The van der Waals surface area contributed by atoms with Crippen LogP contribution in [0.5, 0.6) is 17.4 Å². The van der Waals surface area contributed by atoms with E-state index in [0.29, 0.717) is 11.2 Å². The fourth-order valence-corrected chi connectivity index (χ4v) is 2.41. The summed E-state index contributed by atoms with van der Waals surface area (Å²) in [6.07, 6.45) is 3.40. The Morgan fingerprint density at radius 2 is 1.54 bits per heavy atom. The van der Waals surface area contributed by atoms with Gasteiger partial charge >= 0.3 is 0 Å². The molecule has 0 aliphatic heterocycles. The number of methoxy groups -OCH3 is 2. The standard InChI is InChI=1S/C20H18N2O4/c1-25-16-9-5-14(6-10-16)12-18-20(26-2)22-17(19(24)21-18)11-13-3-7-15(23)8-4-13/h3-12,23H,1-2H3,(H,21,24). The van der Waals surface area contributed by atoms with E-state index in [1.807, 2.05) is 24.3 Å². The Balaban J connectivity index is 2.08. The number of H-pyrrole nitrogens is 1. The molecule has 1 aromatic heterocycles. The number of phenols is 1. The summed E-state index contributed by atoms with van der Waals surface area (Å²) in [6.45, 7) is 0. The summed E-state index contributed by atoms with van der Waals surface area (Å²) < 4.78 is 10.5. The highest BCUT2D eigenvalue weighted by Crippen LogP contribution is 2.12. The normalized spacial score (nSPS) is 12.2. The minimum absolute atomic E-state index is 0.158. The lowest BCUT2D eigenvalue weighted by atomic mass is 10.2. The Labute approximate surface area is 149 Å². The molecule has 0 bridgehead atoms. The number of nitrogens with one attached hydrogen (secondary N) is 1. The molecule has 0 unspecified atom stereocenters. The van der Waals surface area contributed by atoms with Gasteiger partial charge in [-0.05, 0) is 47.5 Å². The average molecular weight is 350 g/mol. The number of benzene rings is 2. The van der Waals surface area contributed by atoms with Gasteiger partial charge in [-0.15, -0.1) is 0 Å². The van der Waals surface area contributed by atoms with Crippen molar-refractivity contribution in [3.63, 3.8) is 0 Å². The predicted molar refractivity (Wildman–Crippen MR) is 98.9 cm³/mol. The van der Waals surface area contributed by atoms with Crippen LogP contribution in [-0.4, -0.2) is 29.3 Å². The fraction of sp³-hybridized carbons (Fsp3) is 0.100. The zero-order chi connectivity index (χ0) is 18.5. The Bertz CT molecular complexity index is 1070. The number of aromatic hydroxyl groups is 1. The number of nitrogens with zero attached hydrogens (tertiary/aromatic N) is 1. The van der Waals surface area contributed by atoms with Crippen LogP contribution in [0.25, 0.3) is 12.2 Å². The van der Waals surface area contributed by atoms with Gasteiger partial charge in [0.15, 0.2) is 0 Å². The molecule has 132 valence electrons. The predicted octanol–water partition coefficient (Wildman–Crippen LogP) is 1.15. The second-order valence-electron chi connectivity index (χ2n) is 5.53. The van der Waals surface area contributed by atoms with Gasteiger partial charge in [0.1, 0.15) is 22.2 Å². The van der Waals surface area contributed by atoms with Gasteiger partial charge in [0.05, 0.1) is 14.2 Å². The van der Waals surface area contributed by atoms with Crippen molar-refractivity contribution in [2.75, 3.05) is 14.2 Å². The first kappa shape index (κ1) is 17.3. The lowest BCUT2D eigenvalue weighted by molar-refractivity contribution is 0.389. The maximum absolute atomic E-state index is 12.4. The quantitative estimate of drug-likeness (QED) is 0.737. The molecule has 0 saturated carbocycles. The van der Waals surface area contributed by atoms with E-state index in [2.05, 4.69) is 9.97 Å². The Morgan fingerprint density at radius 3 is 2.15 bits per heavy atom. The smallest absolute Gasteiger partial charge is 0.274 e. The average Bonchev–Trinajstić information content (AvgIpc) is 2.66. The zero-order valence-electron chi connectivity index (χ0n) is 14.4. The molecular formula is C20H18N2O4. The molecule has 6 nitrogen and oxygen atoms in total. The van der Waals surface area contributed by atoms with Crippen molar-refractivity contribution in [3.8, 4) is 17.4 Å². The van der Waals surface area contributed by atoms with Crippen LogP contribution < -0.4 is 25.7 Å². The van der Waals surface area contributed by atoms with E-state index < -0.39 is 0 Å². The molecule has 0 amide bonds. The van der Waals surface area contributed by atoms with Crippen molar-refractivity contribution in [3.05, 3.63) is 80.7 Å². The molecule has 0 aliphatic rings. The molecule has 26 heavy (non-hydrogen) atoms. The third-order valence-corrected chi connectivity index (χ3v) is 3.75. The molecule has 0 saturated heterocycles. The molecule has 0 fully saturated rings. The monoisotopic (exact) mass is 350 g/mol. The second-order valence-corrected chi connectivity index (χ2v) is 5.53. The number of ether oxygens (including phenoxy) is 2. The van der Waals surface area contributed by atoms with Crippen LogP contribution in [0, 0.1) is 0 Å². The molecule has 2 aromatic carbocycles. The molecule has 0 aliphatic carbocycles. The highest BCUT2D eigenvalue weighted by atomic mass is 16.5. The minimum atomic E-state index is -0.335. The third-order valence-electron chi connectivity index (χ3n) is 3.75. The first-order valence-electron chi connectivity index (χ1n) is 7.90. The van der Waals surface area contributed by atoms with Crippen LogP contribution >= 0.6 is 0 Å². The fourth-order valence-electron chi connectivity index (χ4n) is 2.41. The number of phenolic OH excluding ortho intramolecular Hbond substituents is 1. The van der Waals surface area contributed by atoms with Crippen molar-refractivity contribution in [2.45, 2.75) is 0 Å². The van der Waals surface area contributed by atoms with Gasteiger partial charge in [-0.1, -0.05) is 24.3 Å². The van der Waals surface area contributed by atoms with E-state index in [9.17, 15) is 9.90 Å². The van der Waals surface area contributed by atoms with Gasteiger partial charge in [0.25, 0.3) is 5.56 Å². The molecule has 0 spiro atoms. The number of aromatic nitrogens is 2. The highest BCUT2D eigenvalue weighted by Gasteiger charge is 2.02. The Hall–Kier alpha value is -3.54. The highest BCUT2D eigenvalue weighted by molar-refractivity contribution is 5.52. The molecule has 0 atom stereocenters. The second kappa shape index (κ2) is 7.57. The van der Waals surface area contributed by atoms with Crippen molar-refractivity contribution in [1.29, 1.82) is 0 Å². The summed E-state index contributed by atoms with van der Waals surface area (Å²) in [5, 5.41) is 10.0. The van der Waals surface area contributed by atoms with E-state index in [1.165, 1.54) is 7.11 Å². The molecule has 6 heteroatoms. The zero-order valence-corrected chi connectivity index (χ0v) is 14.4. The summed E-state index contributed by atoms with van der Waals surface area (Å²) in [5.41, 5.74) is 1.28. The molecule has 3 rings (SSSR count). The first-order chi connectivity index (χ1) is 12.6. The van der Waals surface area contributed by atoms with E-state index in [0.717, 1.165) is 16.9 Å². The summed E-state index contributed by atoms with van der Waals surface area (Å²) in [6, 6.07) is 13.9. The van der Waals surface area contributed by atoms with E-state index in [-0.39, 0.29) is 16.7 Å². The number of rotatable bonds is 4. The van der Waals surface area contributed by atoms with Gasteiger partial charge in [-0.25, -0.2) is 4.98 Å². The van der Waals surface area contributed by atoms with Crippen LogP contribution in [0.3, 0.4) is 0 Å². The maximum atomic E-state index is 12.4. The van der Waals surface area contributed by atoms with Crippen molar-refractivity contribution in [1.82, 2.24) is 9.97 Å². The van der Waals surface area contributed by atoms with E-state index >= 15 is 0 Å². The molecule has 2 N–H and O–H groups in total. The Morgan fingerprint density at radius 1 is 0.923 bits per heavy atom. The summed E-state index contributed by atoms with van der Waals surface area (Å²) in [4.78, 5) is 19.5. The molecule has 3 aromatic rings. The van der Waals surface area contributed by atoms with E-state index in [4.69, 9.17) is 9.47 Å². The molecule has 1 heterocycles. The van der Waals surface area contributed by atoms with Gasteiger partial charge in [0.2, 0.25) is 5.88 Å². The van der Waals surface area contributed by atoms with E-state index in [1.54, 1.807) is 43.5 Å². The number of hydrogen-bond acceptors (Lipinski definition) is 5. The summed E-state index contributed by atoms with van der Waals surface area (Å²) in [5.74, 6) is 1.22. The van der Waals surface area contributed by atoms with Gasteiger partial charge in [0, 0.05) is 0 Å². The topological polar surface area (TPSA) is 84.4 Å². The van der Waals surface area contributed by atoms with Crippen LogP contribution in [0.2, 0.25) is 0 Å². The summed E-state index contributed by atoms with van der Waals surface area (Å²) in [7, 11) is 3.10. The first-order valence-corrected chi connectivity index (χ1v) is 7.90. The van der Waals surface area contributed by atoms with Gasteiger partial charge in [-0.2, -0.15) is 0 Å². The minimum Gasteiger partial charge on any atom is -0.508 e. The van der Waals surface area contributed by atoms with Crippen molar-refractivity contribution in [2.24, 2.45) is 0 Å². The van der Waals surface area contributed by atoms with Crippen LogP contribution in [0.15, 0.2) is 53.3 Å². The SMILES string of the molecule is COc1ccc(C=c2[nH]c(=O)c(=Cc3ccc(O)cc3)nc2OC)cc1. The number of hydrogen-bond donors (Lipinski definition) is 2. The largest absolute Gasteiger partial charge is 0.508 e.